The molecule has 2 aliphatic rings. The normalized spacial score (nSPS) is 21.4. The van der Waals surface area contributed by atoms with Gasteiger partial charge in [-0.1, -0.05) is 0 Å². The molecule has 0 saturated carbocycles. The Morgan fingerprint density at radius 1 is 1.24 bits per heavy atom. The van der Waals surface area contributed by atoms with Crippen molar-refractivity contribution in [1.82, 2.24) is 10.2 Å². The number of amides is 3. The molecule has 3 rings (SSSR count). The number of carbonyl (C=O) groups excluding carboxylic acids is 4. The second-order valence-corrected chi connectivity index (χ2v) is 5.88. The van der Waals surface area contributed by atoms with Crippen molar-refractivity contribution < 1.29 is 23.9 Å². The molecule has 2 saturated heterocycles. The van der Waals surface area contributed by atoms with E-state index in [0.717, 1.165) is 4.90 Å². The fourth-order valence-electron chi connectivity index (χ4n) is 3.06. The Bertz CT molecular complexity index is 715. The summed E-state index contributed by atoms with van der Waals surface area (Å²) in [6.45, 7) is 3.10. The minimum atomic E-state index is -0.622. The second kappa shape index (κ2) is 7.02. The summed E-state index contributed by atoms with van der Waals surface area (Å²) in [5.41, 5.74) is 0.765. The lowest BCUT2D eigenvalue weighted by atomic mass is 10.2. The van der Waals surface area contributed by atoms with E-state index in [1.165, 1.54) is 12.1 Å². The zero-order valence-corrected chi connectivity index (χ0v) is 13.9. The van der Waals surface area contributed by atoms with Gasteiger partial charge in [-0.15, -0.1) is 0 Å². The van der Waals surface area contributed by atoms with Gasteiger partial charge in [-0.2, -0.15) is 0 Å². The number of carbonyl (C=O) groups is 4. The summed E-state index contributed by atoms with van der Waals surface area (Å²) in [4.78, 5) is 51.1. The molecule has 3 amide bonds. The van der Waals surface area contributed by atoms with Crippen molar-refractivity contribution in [1.29, 1.82) is 0 Å². The van der Waals surface area contributed by atoms with Crippen molar-refractivity contribution >= 4 is 29.4 Å². The molecule has 0 aliphatic carbocycles. The summed E-state index contributed by atoms with van der Waals surface area (Å²) < 4.78 is 4.91. The van der Waals surface area contributed by atoms with E-state index in [1.54, 1.807) is 24.0 Å². The van der Waals surface area contributed by atoms with Crippen LogP contribution in [0.25, 0.3) is 0 Å². The minimum Gasteiger partial charge on any atom is -0.462 e. The van der Waals surface area contributed by atoms with Crippen LogP contribution < -0.4 is 10.2 Å². The van der Waals surface area contributed by atoms with Crippen LogP contribution in [-0.2, 0) is 19.1 Å². The van der Waals surface area contributed by atoms with Gasteiger partial charge in [-0.25, -0.2) is 9.69 Å². The van der Waals surface area contributed by atoms with E-state index in [4.69, 9.17) is 4.74 Å². The maximum absolute atomic E-state index is 12.7. The number of esters is 1. The van der Waals surface area contributed by atoms with Crippen LogP contribution in [0.15, 0.2) is 24.3 Å². The molecule has 0 bridgehead atoms. The Kier molecular flexibility index (Phi) is 4.80. The van der Waals surface area contributed by atoms with Crippen molar-refractivity contribution in [3.8, 4) is 0 Å². The molecule has 1 atom stereocenters. The van der Waals surface area contributed by atoms with Gasteiger partial charge in [0.1, 0.15) is 0 Å². The lowest BCUT2D eigenvalue weighted by Crippen LogP contribution is -2.53. The average Bonchev–Trinajstić information content (AvgIpc) is 2.90. The summed E-state index contributed by atoms with van der Waals surface area (Å²) >= 11 is 0. The molecule has 2 fully saturated rings. The van der Waals surface area contributed by atoms with Crippen LogP contribution in [0.1, 0.15) is 23.7 Å². The van der Waals surface area contributed by atoms with Crippen LogP contribution in [0.3, 0.4) is 0 Å². The van der Waals surface area contributed by atoms with E-state index >= 15 is 0 Å². The lowest BCUT2D eigenvalue weighted by Gasteiger charge is -2.30. The van der Waals surface area contributed by atoms with Crippen LogP contribution in [0.4, 0.5) is 5.69 Å². The van der Waals surface area contributed by atoms with Crippen LogP contribution in [0.5, 0.6) is 0 Å². The Balaban J connectivity index is 1.76. The van der Waals surface area contributed by atoms with Gasteiger partial charge in [-0.05, 0) is 31.2 Å². The molecule has 1 aromatic carbocycles. The molecular formula is C17H19N3O5. The summed E-state index contributed by atoms with van der Waals surface area (Å²) in [6, 6.07) is 5.52. The quantitative estimate of drug-likeness (QED) is 0.606. The van der Waals surface area contributed by atoms with Crippen molar-refractivity contribution in [3.05, 3.63) is 29.8 Å². The molecule has 0 unspecified atom stereocenters. The Labute approximate surface area is 144 Å². The zero-order valence-electron chi connectivity index (χ0n) is 13.9. The van der Waals surface area contributed by atoms with Crippen LogP contribution >= 0.6 is 0 Å². The molecular weight excluding hydrogens is 326 g/mol. The van der Waals surface area contributed by atoms with E-state index in [0.29, 0.717) is 24.3 Å². The van der Waals surface area contributed by atoms with Crippen LogP contribution in [0.2, 0.25) is 0 Å². The van der Waals surface area contributed by atoms with Crippen molar-refractivity contribution in [2.24, 2.45) is 0 Å². The first-order valence-corrected chi connectivity index (χ1v) is 8.16. The topological polar surface area (TPSA) is 96.0 Å². The SMILES string of the molecule is CCOC(=O)c1ccc(N2C(=O)C[C@H](N3CCNC(=O)C3)C2=O)cc1. The fourth-order valence-corrected chi connectivity index (χ4v) is 3.06. The third-order valence-electron chi connectivity index (χ3n) is 4.27. The van der Waals surface area contributed by atoms with E-state index in [9.17, 15) is 19.2 Å². The van der Waals surface area contributed by atoms with E-state index in [-0.39, 0.29) is 37.3 Å². The monoisotopic (exact) mass is 345 g/mol. The Morgan fingerprint density at radius 2 is 1.96 bits per heavy atom. The first-order valence-electron chi connectivity index (χ1n) is 8.16. The molecule has 8 heteroatoms. The largest absolute Gasteiger partial charge is 0.462 e. The molecule has 0 aromatic heterocycles. The molecule has 8 nitrogen and oxygen atoms in total. The fraction of sp³-hybridized carbons (Fsp3) is 0.412. The van der Waals surface area contributed by atoms with Crippen molar-refractivity contribution in [2.45, 2.75) is 19.4 Å². The van der Waals surface area contributed by atoms with Gasteiger partial charge in [0, 0.05) is 13.1 Å². The number of nitrogens with zero attached hydrogens (tertiary/aromatic N) is 2. The molecule has 1 N–H and O–H groups in total. The molecule has 0 radical (unpaired) electrons. The lowest BCUT2D eigenvalue weighted by molar-refractivity contribution is -0.128. The number of anilines is 1. The number of nitrogens with one attached hydrogen (secondary N) is 1. The maximum atomic E-state index is 12.7. The predicted molar refractivity (Wildman–Crippen MR) is 87.9 cm³/mol. The minimum absolute atomic E-state index is 0.0474. The maximum Gasteiger partial charge on any atom is 0.338 e. The second-order valence-electron chi connectivity index (χ2n) is 5.88. The molecule has 25 heavy (non-hydrogen) atoms. The number of imide groups is 1. The third kappa shape index (κ3) is 3.39. The van der Waals surface area contributed by atoms with Gasteiger partial charge in [-0.3, -0.25) is 19.3 Å². The first kappa shape index (κ1) is 17.1. The number of benzene rings is 1. The van der Waals surface area contributed by atoms with Crippen molar-refractivity contribution in [3.63, 3.8) is 0 Å². The van der Waals surface area contributed by atoms with E-state index < -0.39 is 12.0 Å². The third-order valence-corrected chi connectivity index (χ3v) is 4.27. The molecule has 1 aromatic rings. The number of hydrogen-bond donors (Lipinski definition) is 1. The first-order chi connectivity index (χ1) is 12.0. The Hall–Kier alpha value is -2.74. The number of hydrogen-bond acceptors (Lipinski definition) is 6. The van der Waals surface area contributed by atoms with Gasteiger partial charge in [0.2, 0.25) is 11.8 Å². The van der Waals surface area contributed by atoms with Gasteiger partial charge in [0.15, 0.2) is 0 Å². The van der Waals surface area contributed by atoms with E-state index in [2.05, 4.69) is 5.32 Å². The standard InChI is InChI=1S/C17H19N3O5/c1-2-25-17(24)11-3-5-12(6-4-11)20-15(22)9-13(16(20)23)19-8-7-18-14(21)10-19/h3-6,13H,2,7-10H2,1H3,(H,18,21)/t13-/m0/s1. The average molecular weight is 345 g/mol. The van der Waals surface area contributed by atoms with Crippen LogP contribution in [-0.4, -0.2) is 60.9 Å². The summed E-state index contributed by atoms with van der Waals surface area (Å²) in [5.74, 6) is -1.26. The predicted octanol–water partition coefficient (Wildman–Crippen LogP) is -0.0730. The smallest absolute Gasteiger partial charge is 0.338 e. The van der Waals surface area contributed by atoms with Gasteiger partial charge in [0.25, 0.3) is 5.91 Å². The molecule has 2 heterocycles. The van der Waals surface area contributed by atoms with Crippen molar-refractivity contribution in [2.75, 3.05) is 31.1 Å². The summed E-state index contributed by atoms with van der Waals surface area (Å²) in [5, 5.41) is 2.70. The Morgan fingerprint density at radius 3 is 2.60 bits per heavy atom. The molecule has 132 valence electrons. The number of ether oxygens (including phenoxy) is 1. The highest BCUT2D eigenvalue weighted by Crippen LogP contribution is 2.26. The highest BCUT2D eigenvalue weighted by molar-refractivity contribution is 6.22. The molecule has 0 spiro atoms. The van der Waals surface area contributed by atoms with Crippen LogP contribution in [0, 0.1) is 0 Å². The van der Waals surface area contributed by atoms with E-state index in [1.807, 2.05) is 0 Å². The highest BCUT2D eigenvalue weighted by Gasteiger charge is 2.43. The van der Waals surface area contributed by atoms with Gasteiger partial charge < -0.3 is 10.1 Å². The summed E-state index contributed by atoms with van der Waals surface area (Å²) in [6.07, 6.45) is 0.0474. The van der Waals surface area contributed by atoms with Gasteiger partial charge >= 0.3 is 5.97 Å². The number of piperazine rings is 1. The number of rotatable bonds is 4. The zero-order chi connectivity index (χ0) is 18.0. The summed E-state index contributed by atoms with van der Waals surface area (Å²) in [7, 11) is 0. The highest BCUT2D eigenvalue weighted by atomic mass is 16.5. The van der Waals surface area contributed by atoms with Gasteiger partial charge in [0.05, 0.1) is 36.9 Å². The molecule has 2 aliphatic heterocycles.